The highest BCUT2D eigenvalue weighted by atomic mass is 16.5. The number of hydrogen-bond acceptors (Lipinski definition) is 2. The first kappa shape index (κ1) is 4.98. The average molecular weight is 72.9 g/mol. The van der Waals surface area contributed by atoms with Crippen LogP contribution >= 0.6 is 0 Å². The SMILES string of the molecule is CCO[B]O. The highest BCUT2D eigenvalue weighted by Crippen LogP contribution is 1.57. The molecular formula is C2H6BO2. The zero-order chi connectivity index (χ0) is 4.12. The fourth-order valence-corrected chi connectivity index (χ4v) is 0.0745. The summed E-state index contributed by atoms with van der Waals surface area (Å²) in [5.41, 5.74) is 0. The minimum Gasteiger partial charge on any atom is -0.429 e. The Bertz CT molecular complexity index is 15.1. The van der Waals surface area contributed by atoms with Crippen LogP contribution in [-0.2, 0) is 4.65 Å². The van der Waals surface area contributed by atoms with Crippen LogP contribution < -0.4 is 0 Å². The summed E-state index contributed by atoms with van der Waals surface area (Å²) in [5, 5.41) is 7.72. The third kappa shape index (κ3) is 3.98. The van der Waals surface area contributed by atoms with Crippen LogP contribution in [0.25, 0.3) is 0 Å². The lowest BCUT2D eigenvalue weighted by atomic mass is 10.4. The van der Waals surface area contributed by atoms with Gasteiger partial charge in [0, 0.05) is 6.61 Å². The summed E-state index contributed by atoms with van der Waals surface area (Å²) in [6.45, 7) is 2.34. The van der Waals surface area contributed by atoms with E-state index in [4.69, 9.17) is 5.02 Å². The zero-order valence-electron chi connectivity index (χ0n) is 3.14. The second kappa shape index (κ2) is 3.98. The fraction of sp³-hybridized carbons (Fsp3) is 1.00. The third-order valence-electron chi connectivity index (χ3n) is 0.241. The number of hydrogen-bond donors (Lipinski definition) is 1. The molecule has 0 aromatic heterocycles. The second-order valence-electron chi connectivity index (χ2n) is 0.561. The summed E-state index contributed by atoms with van der Waals surface area (Å²) in [4.78, 5) is 0. The molecule has 3 heteroatoms. The smallest absolute Gasteiger partial charge is 0.429 e. The summed E-state index contributed by atoms with van der Waals surface area (Å²) in [6, 6.07) is 0. The standard InChI is InChI=1S/C2H6BO2/c1-2-5-3-4/h4H,2H2,1H3. The van der Waals surface area contributed by atoms with Gasteiger partial charge in [0.1, 0.15) is 0 Å². The largest absolute Gasteiger partial charge is 0.485 e. The monoisotopic (exact) mass is 73.0 g/mol. The minimum atomic E-state index is 0.538. The van der Waals surface area contributed by atoms with E-state index in [1.165, 1.54) is 0 Å². The van der Waals surface area contributed by atoms with Crippen molar-refractivity contribution in [3.63, 3.8) is 0 Å². The molecule has 0 rings (SSSR count). The van der Waals surface area contributed by atoms with E-state index in [0.717, 1.165) is 0 Å². The quantitative estimate of drug-likeness (QED) is 0.448. The van der Waals surface area contributed by atoms with Crippen molar-refractivity contribution in [3.05, 3.63) is 0 Å². The molecule has 0 aromatic rings. The van der Waals surface area contributed by atoms with Gasteiger partial charge in [0.05, 0.1) is 0 Å². The van der Waals surface area contributed by atoms with Gasteiger partial charge >= 0.3 is 7.69 Å². The molecule has 0 saturated heterocycles. The van der Waals surface area contributed by atoms with Crippen LogP contribution in [0.1, 0.15) is 6.92 Å². The van der Waals surface area contributed by atoms with Crippen molar-refractivity contribution in [2.24, 2.45) is 0 Å². The Morgan fingerprint density at radius 2 is 2.60 bits per heavy atom. The number of rotatable bonds is 2. The van der Waals surface area contributed by atoms with Gasteiger partial charge in [0.25, 0.3) is 0 Å². The molecule has 0 spiro atoms. The van der Waals surface area contributed by atoms with Crippen LogP contribution in [0.2, 0.25) is 0 Å². The van der Waals surface area contributed by atoms with Gasteiger partial charge in [0.15, 0.2) is 0 Å². The molecule has 1 N–H and O–H groups in total. The van der Waals surface area contributed by atoms with Crippen LogP contribution in [-0.4, -0.2) is 19.3 Å². The van der Waals surface area contributed by atoms with E-state index in [1.807, 2.05) is 0 Å². The van der Waals surface area contributed by atoms with Crippen molar-refractivity contribution in [2.75, 3.05) is 6.61 Å². The fourth-order valence-electron chi connectivity index (χ4n) is 0.0745. The van der Waals surface area contributed by atoms with Gasteiger partial charge in [-0.2, -0.15) is 0 Å². The normalized spacial score (nSPS) is 7.60. The molecule has 1 radical (unpaired) electrons. The van der Waals surface area contributed by atoms with E-state index in [-0.39, 0.29) is 0 Å². The van der Waals surface area contributed by atoms with Gasteiger partial charge < -0.3 is 9.68 Å². The van der Waals surface area contributed by atoms with E-state index < -0.39 is 0 Å². The van der Waals surface area contributed by atoms with E-state index in [9.17, 15) is 0 Å². The van der Waals surface area contributed by atoms with Crippen molar-refractivity contribution in [3.8, 4) is 0 Å². The highest BCUT2D eigenvalue weighted by Gasteiger charge is 1.74. The summed E-state index contributed by atoms with van der Waals surface area (Å²) >= 11 is 0. The highest BCUT2D eigenvalue weighted by molar-refractivity contribution is 6.15. The van der Waals surface area contributed by atoms with Crippen molar-refractivity contribution < 1.29 is 9.68 Å². The summed E-state index contributed by atoms with van der Waals surface area (Å²) in [5.74, 6) is 0. The van der Waals surface area contributed by atoms with E-state index in [2.05, 4.69) is 4.65 Å². The molecule has 0 amide bonds. The van der Waals surface area contributed by atoms with Crippen molar-refractivity contribution in [1.29, 1.82) is 0 Å². The molecule has 29 valence electrons. The predicted octanol–water partition coefficient (Wildman–Crippen LogP) is -0.451. The molecule has 0 aliphatic rings. The molecule has 0 unspecified atom stereocenters. The molecule has 0 atom stereocenters. The second-order valence-corrected chi connectivity index (χ2v) is 0.561. The summed E-state index contributed by atoms with van der Waals surface area (Å²) in [7, 11) is 0.681. The molecular weight excluding hydrogens is 66.8 g/mol. The van der Waals surface area contributed by atoms with Crippen molar-refractivity contribution in [1.82, 2.24) is 0 Å². The Hall–Kier alpha value is -0.0151. The Morgan fingerprint density at radius 3 is 2.60 bits per heavy atom. The molecule has 0 aliphatic carbocycles. The van der Waals surface area contributed by atoms with E-state index in [0.29, 0.717) is 14.3 Å². The third-order valence-corrected chi connectivity index (χ3v) is 0.241. The lowest BCUT2D eigenvalue weighted by Gasteiger charge is -1.82. The first-order valence-corrected chi connectivity index (χ1v) is 1.49. The van der Waals surface area contributed by atoms with E-state index in [1.54, 1.807) is 6.92 Å². The molecule has 0 bridgehead atoms. The Labute approximate surface area is 32.1 Å². The van der Waals surface area contributed by atoms with Crippen LogP contribution in [0.3, 0.4) is 0 Å². The molecule has 2 nitrogen and oxygen atoms in total. The molecule has 0 heterocycles. The van der Waals surface area contributed by atoms with Crippen molar-refractivity contribution in [2.45, 2.75) is 6.92 Å². The van der Waals surface area contributed by atoms with Gasteiger partial charge in [-0.25, -0.2) is 0 Å². The molecule has 0 aromatic carbocycles. The van der Waals surface area contributed by atoms with Gasteiger partial charge in [-0.05, 0) is 6.92 Å². The maximum absolute atomic E-state index is 7.72. The molecule has 0 fully saturated rings. The van der Waals surface area contributed by atoms with Crippen molar-refractivity contribution >= 4 is 7.69 Å². The lowest BCUT2D eigenvalue weighted by molar-refractivity contribution is 0.302. The van der Waals surface area contributed by atoms with Gasteiger partial charge in [-0.3, -0.25) is 0 Å². The zero-order valence-corrected chi connectivity index (χ0v) is 3.14. The van der Waals surface area contributed by atoms with Gasteiger partial charge in [0.2, 0.25) is 0 Å². The maximum Gasteiger partial charge on any atom is 0.485 e. The first-order valence-electron chi connectivity index (χ1n) is 1.49. The lowest BCUT2D eigenvalue weighted by Crippen LogP contribution is -1.93. The Balaban J connectivity index is 2.19. The molecule has 0 aliphatic heterocycles. The van der Waals surface area contributed by atoms with Gasteiger partial charge in [-0.15, -0.1) is 0 Å². The van der Waals surface area contributed by atoms with Crippen LogP contribution in [0.15, 0.2) is 0 Å². The van der Waals surface area contributed by atoms with Crippen LogP contribution in [0.5, 0.6) is 0 Å². The molecule has 5 heavy (non-hydrogen) atoms. The Morgan fingerprint density at radius 1 is 2.00 bits per heavy atom. The summed E-state index contributed by atoms with van der Waals surface area (Å²) in [6.07, 6.45) is 0. The van der Waals surface area contributed by atoms with Crippen LogP contribution in [0, 0.1) is 0 Å². The predicted molar refractivity (Wildman–Crippen MR) is 19.6 cm³/mol. The first-order chi connectivity index (χ1) is 2.41. The van der Waals surface area contributed by atoms with Gasteiger partial charge in [-0.1, -0.05) is 0 Å². The van der Waals surface area contributed by atoms with E-state index >= 15 is 0 Å². The maximum atomic E-state index is 7.72. The average Bonchev–Trinajstić information content (AvgIpc) is 1.41. The molecule has 0 saturated carbocycles. The Kier molecular flexibility index (Phi) is 3.97. The minimum absolute atomic E-state index is 0.538. The summed E-state index contributed by atoms with van der Waals surface area (Å²) < 4.78 is 4.26. The topological polar surface area (TPSA) is 29.5 Å². The van der Waals surface area contributed by atoms with Crippen LogP contribution in [0.4, 0.5) is 0 Å².